The van der Waals surface area contributed by atoms with E-state index in [9.17, 15) is 0 Å². The van der Waals surface area contributed by atoms with Crippen molar-refractivity contribution in [2.75, 3.05) is 0 Å². The van der Waals surface area contributed by atoms with Crippen molar-refractivity contribution in [3.63, 3.8) is 0 Å². The molecule has 1 heterocycles. The Kier molecular flexibility index (Phi) is 6.33. The number of benzene rings is 4. The summed E-state index contributed by atoms with van der Waals surface area (Å²) in [6.45, 7) is 8.88. The molecule has 5 rings (SSSR count). The van der Waals surface area contributed by atoms with E-state index in [4.69, 9.17) is 9.98 Å². The molecule has 3 nitrogen and oxygen atoms in total. The van der Waals surface area contributed by atoms with Gasteiger partial charge < -0.3 is 4.98 Å². The molecule has 0 aliphatic carbocycles. The predicted molar refractivity (Wildman–Crippen MR) is 149 cm³/mol. The molecule has 3 heteroatoms. The van der Waals surface area contributed by atoms with Gasteiger partial charge in [0.2, 0.25) is 0 Å². The molecule has 0 amide bonds. The molecule has 0 fully saturated rings. The van der Waals surface area contributed by atoms with Gasteiger partial charge >= 0.3 is 0 Å². The highest BCUT2D eigenvalue weighted by atomic mass is 14.9. The van der Waals surface area contributed by atoms with Gasteiger partial charge in [0, 0.05) is 11.1 Å². The van der Waals surface area contributed by atoms with Gasteiger partial charge in [-0.15, -0.1) is 0 Å². The first kappa shape index (κ1) is 22.8. The number of aromatic amines is 1. The Hall–Kier alpha value is -3.98. The Balaban J connectivity index is 1.67. The van der Waals surface area contributed by atoms with Gasteiger partial charge in [-0.1, -0.05) is 119 Å². The molecule has 0 aliphatic heterocycles. The molecule has 174 valence electrons. The van der Waals surface area contributed by atoms with Crippen molar-refractivity contribution in [3.8, 4) is 22.3 Å². The average Bonchev–Trinajstić information content (AvgIpc) is 3.31. The summed E-state index contributed by atoms with van der Waals surface area (Å²) in [7, 11) is 0. The maximum absolute atomic E-state index is 5.03. The molecule has 0 radical (unpaired) electrons. The maximum atomic E-state index is 5.03. The number of H-pyrrole nitrogens is 1. The van der Waals surface area contributed by atoms with E-state index in [0.29, 0.717) is 11.8 Å². The summed E-state index contributed by atoms with van der Waals surface area (Å²) in [6.07, 6.45) is 1.89. The zero-order valence-corrected chi connectivity index (χ0v) is 20.8. The third kappa shape index (κ3) is 4.54. The first-order chi connectivity index (χ1) is 17.0. The van der Waals surface area contributed by atoms with E-state index in [2.05, 4.69) is 112 Å². The second-order valence-electron chi connectivity index (χ2n) is 9.59. The van der Waals surface area contributed by atoms with E-state index in [0.717, 1.165) is 44.8 Å². The number of para-hydroxylation sites is 1. The Bertz CT molecular complexity index is 1370. The molecule has 1 aromatic heterocycles. The fraction of sp³-hybridized carbons (Fsp3) is 0.188. The van der Waals surface area contributed by atoms with Crippen molar-refractivity contribution in [1.29, 1.82) is 0 Å². The quantitative estimate of drug-likeness (QED) is 0.254. The minimum absolute atomic E-state index is 0.394. The van der Waals surface area contributed by atoms with E-state index < -0.39 is 0 Å². The number of hydrogen-bond donors (Lipinski definition) is 1. The highest BCUT2D eigenvalue weighted by Gasteiger charge is 2.15. The van der Waals surface area contributed by atoms with E-state index in [1.807, 2.05) is 18.3 Å². The molecule has 0 saturated heterocycles. The normalized spacial score (nSPS) is 11.8. The van der Waals surface area contributed by atoms with E-state index in [1.54, 1.807) is 0 Å². The number of rotatable bonds is 6. The van der Waals surface area contributed by atoms with Crippen LogP contribution in [0.15, 0.2) is 96.0 Å². The molecule has 0 saturated carbocycles. The zero-order valence-electron chi connectivity index (χ0n) is 20.8. The van der Waals surface area contributed by atoms with Gasteiger partial charge in [-0.3, -0.25) is 4.99 Å². The van der Waals surface area contributed by atoms with Crippen LogP contribution >= 0.6 is 0 Å². The molecule has 0 aliphatic rings. The minimum atomic E-state index is 0.394. The van der Waals surface area contributed by atoms with Crippen molar-refractivity contribution in [1.82, 2.24) is 9.97 Å². The lowest BCUT2D eigenvalue weighted by Gasteiger charge is -2.16. The van der Waals surface area contributed by atoms with Crippen LogP contribution in [0, 0.1) is 0 Å². The summed E-state index contributed by atoms with van der Waals surface area (Å²) in [6, 6.07) is 31.8. The molecular weight excluding hydrogens is 426 g/mol. The average molecular weight is 458 g/mol. The summed E-state index contributed by atoms with van der Waals surface area (Å²) in [5, 5.41) is 0. The summed E-state index contributed by atoms with van der Waals surface area (Å²) in [4.78, 5) is 13.6. The highest BCUT2D eigenvalue weighted by molar-refractivity contribution is 6.02. The largest absolute Gasteiger partial charge is 0.337 e. The molecule has 35 heavy (non-hydrogen) atoms. The van der Waals surface area contributed by atoms with Crippen molar-refractivity contribution < 1.29 is 0 Å². The number of imidazole rings is 1. The fourth-order valence-corrected chi connectivity index (χ4v) is 4.67. The Labute approximate surface area is 207 Å². The molecule has 4 aromatic carbocycles. The zero-order chi connectivity index (χ0) is 24.4. The van der Waals surface area contributed by atoms with E-state index in [1.165, 1.54) is 11.1 Å². The van der Waals surface area contributed by atoms with Crippen molar-refractivity contribution in [2.24, 2.45) is 4.99 Å². The van der Waals surface area contributed by atoms with Gasteiger partial charge in [-0.05, 0) is 34.1 Å². The molecule has 0 bridgehead atoms. The molecule has 1 N–H and O–H groups in total. The van der Waals surface area contributed by atoms with Crippen LogP contribution in [0.2, 0.25) is 0 Å². The fourth-order valence-electron chi connectivity index (χ4n) is 4.67. The number of aromatic nitrogens is 2. The van der Waals surface area contributed by atoms with Crippen LogP contribution in [-0.4, -0.2) is 16.2 Å². The predicted octanol–water partition coefficient (Wildman–Crippen LogP) is 8.89. The maximum Gasteiger partial charge on any atom is 0.149 e. The van der Waals surface area contributed by atoms with Crippen LogP contribution in [0.3, 0.4) is 0 Å². The van der Waals surface area contributed by atoms with Crippen LogP contribution in [-0.2, 0) is 0 Å². The van der Waals surface area contributed by atoms with Gasteiger partial charge in [-0.25, -0.2) is 4.98 Å². The Morgan fingerprint density at radius 2 is 1.20 bits per heavy atom. The van der Waals surface area contributed by atoms with Crippen molar-refractivity contribution in [2.45, 2.75) is 39.5 Å². The van der Waals surface area contributed by atoms with Gasteiger partial charge in [0.25, 0.3) is 0 Å². The minimum Gasteiger partial charge on any atom is -0.337 e. The number of nitrogens with one attached hydrogen (secondary N) is 1. The Morgan fingerprint density at radius 1 is 0.657 bits per heavy atom. The lowest BCUT2D eigenvalue weighted by Crippen LogP contribution is -1.96. The lowest BCUT2D eigenvalue weighted by molar-refractivity contribution is 0.835. The molecular formula is C32H31N3. The third-order valence-corrected chi connectivity index (χ3v) is 6.49. The highest BCUT2D eigenvalue weighted by Crippen LogP contribution is 2.36. The number of aliphatic imine (C=N–C) groups is 1. The van der Waals surface area contributed by atoms with E-state index in [-0.39, 0.29) is 0 Å². The standard InChI is InChI=1S/C32H31N3/c1-21(2)25-16-11-17-26(22(3)4)30(25)33-20-29-34-31-27(23-12-7-5-8-13-23)18-19-28(32(31)35-29)24-14-9-6-10-15-24/h5-22H,1-4H3,(H,34,35)/b33-20+. The summed E-state index contributed by atoms with van der Waals surface area (Å²) < 4.78 is 0. The number of hydrogen-bond acceptors (Lipinski definition) is 2. The molecule has 0 unspecified atom stereocenters. The molecule has 0 spiro atoms. The van der Waals surface area contributed by atoms with Crippen LogP contribution in [0.4, 0.5) is 5.69 Å². The summed E-state index contributed by atoms with van der Waals surface area (Å²) in [5.74, 6) is 1.55. The third-order valence-electron chi connectivity index (χ3n) is 6.49. The van der Waals surface area contributed by atoms with E-state index >= 15 is 0 Å². The molecule has 0 atom stereocenters. The monoisotopic (exact) mass is 457 g/mol. The topological polar surface area (TPSA) is 41.0 Å². The van der Waals surface area contributed by atoms with Gasteiger partial charge in [-0.2, -0.15) is 0 Å². The van der Waals surface area contributed by atoms with Crippen LogP contribution < -0.4 is 0 Å². The van der Waals surface area contributed by atoms with Crippen LogP contribution in [0.5, 0.6) is 0 Å². The summed E-state index contributed by atoms with van der Waals surface area (Å²) in [5.41, 5.74) is 10.1. The van der Waals surface area contributed by atoms with Crippen LogP contribution in [0.25, 0.3) is 33.3 Å². The van der Waals surface area contributed by atoms with Crippen molar-refractivity contribution in [3.05, 3.63) is 108 Å². The molecule has 5 aromatic rings. The first-order valence-electron chi connectivity index (χ1n) is 12.3. The van der Waals surface area contributed by atoms with Crippen molar-refractivity contribution >= 4 is 22.9 Å². The number of fused-ring (bicyclic) bond motifs is 1. The first-order valence-corrected chi connectivity index (χ1v) is 12.3. The second-order valence-corrected chi connectivity index (χ2v) is 9.59. The van der Waals surface area contributed by atoms with Gasteiger partial charge in [0.15, 0.2) is 0 Å². The summed E-state index contributed by atoms with van der Waals surface area (Å²) >= 11 is 0. The van der Waals surface area contributed by atoms with Crippen LogP contribution in [0.1, 0.15) is 56.5 Å². The van der Waals surface area contributed by atoms with Gasteiger partial charge in [0.05, 0.1) is 22.9 Å². The SMILES string of the molecule is CC(C)c1cccc(C(C)C)c1/N=C/c1nc2c(-c3ccccc3)ccc(-c3ccccc3)c2[nH]1. The lowest BCUT2D eigenvalue weighted by atomic mass is 9.93. The Morgan fingerprint density at radius 3 is 1.77 bits per heavy atom. The van der Waals surface area contributed by atoms with Gasteiger partial charge in [0.1, 0.15) is 5.82 Å². The number of nitrogens with zero attached hydrogens (tertiary/aromatic N) is 2. The second kappa shape index (κ2) is 9.71. The smallest absolute Gasteiger partial charge is 0.149 e.